The van der Waals surface area contributed by atoms with Crippen LogP contribution in [0.25, 0.3) is 27.4 Å². The van der Waals surface area contributed by atoms with Crippen molar-refractivity contribution in [1.82, 2.24) is 10.3 Å². The van der Waals surface area contributed by atoms with E-state index < -0.39 is 28.8 Å². The number of aromatic nitrogens is 2. The summed E-state index contributed by atoms with van der Waals surface area (Å²) in [6.45, 7) is 7.58. The normalized spacial score (nSPS) is 22.4. The summed E-state index contributed by atoms with van der Waals surface area (Å²) in [6.07, 6.45) is 7.43. The van der Waals surface area contributed by atoms with E-state index >= 15 is 0 Å². The van der Waals surface area contributed by atoms with Gasteiger partial charge in [-0.1, -0.05) is 87.0 Å². The van der Waals surface area contributed by atoms with Gasteiger partial charge in [0, 0.05) is 45.2 Å². The van der Waals surface area contributed by atoms with E-state index in [1.54, 1.807) is 42.5 Å². The van der Waals surface area contributed by atoms with Crippen LogP contribution in [0.2, 0.25) is 20.1 Å². The lowest BCUT2D eigenvalue weighted by molar-refractivity contribution is -0.0657. The molecular weight excluding hydrogens is 974 g/mol. The Morgan fingerprint density at radius 2 is 1.06 bits per heavy atom. The Kier molecular flexibility index (Phi) is 14.6. The van der Waals surface area contributed by atoms with Crippen molar-refractivity contribution in [2.45, 2.75) is 126 Å². The van der Waals surface area contributed by atoms with E-state index in [9.17, 15) is 23.8 Å². The molecule has 0 spiro atoms. The predicted octanol–water partition coefficient (Wildman–Crippen LogP) is 14.3. The van der Waals surface area contributed by atoms with E-state index in [1.807, 2.05) is 0 Å². The highest BCUT2D eigenvalue weighted by Crippen LogP contribution is 2.49. The molecule has 4 aliphatic rings. The van der Waals surface area contributed by atoms with Crippen molar-refractivity contribution in [3.63, 3.8) is 0 Å². The maximum Gasteiger partial charge on any atom is 0.335 e. The zero-order valence-corrected chi connectivity index (χ0v) is 40.2. The fourth-order valence-electron chi connectivity index (χ4n) is 9.49. The van der Waals surface area contributed by atoms with Gasteiger partial charge in [-0.15, -0.1) is 0 Å². The summed E-state index contributed by atoms with van der Waals surface area (Å²) in [7, 11) is 0. The van der Waals surface area contributed by atoms with Crippen molar-refractivity contribution in [2.24, 2.45) is 0 Å². The molecule has 2 heterocycles. The number of ether oxygens (including phenoxy) is 2. The lowest BCUT2D eigenvalue weighted by Crippen LogP contribution is -2.35. The predicted molar refractivity (Wildman–Crippen MR) is 256 cm³/mol. The molecule has 0 aliphatic heterocycles. The van der Waals surface area contributed by atoms with Crippen molar-refractivity contribution < 1.29 is 47.4 Å². The molecule has 11 nitrogen and oxygen atoms in total. The Hall–Kier alpha value is -4.88. The first-order valence-corrected chi connectivity index (χ1v) is 24.4. The monoisotopic (exact) mass is 1020 g/mol. The third kappa shape index (κ3) is 10.6. The number of hydrogen-bond acceptors (Lipinski definition) is 9. The van der Waals surface area contributed by atoms with Crippen LogP contribution in [0.3, 0.4) is 0 Å². The van der Waals surface area contributed by atoms with Gasteiger partial charge < -0.3 is 33.8 Å². The molecule has 0 bridgehead atoms. The third-order valence-corrected chi connectivity index (χ3v) is 14.9. The molecule has 6 aromatic rings. The van der Waals surface area contributed by atoms with E-state index in [1.165, 1.54) is 24.3 Å². The summed E-state index contributed by atoms with van der Waals surface area (Å²) < 4.78 is 53.0. The van der Waals surface area contributed by atoms with Gasteiger partial charge >= 0.3 is 5.97 Å². The van der Waals surface area contributed by atoms with Gasteiger partial charge in [0.2, 0.25) is 0 Å². The number of nitrogens with zero attached hydrogens (tertiary/aromatic N) is 3. The Labute approximate surface area is 417 Å². The Morgan fingerprint density at radius 1 is 0.652 bits per heavy atom. The lowest BCUT2D eigenvalue weighted by Gasteiger charge is -2.36. The highest BCUT2D eigenvalue weighted by atomic mass is 35.5. The summed E-state index contributed by atoms with van der Waals surface area (Å²) in [5, 5.41) is 41.8. The average Bonchev–Trinajstić information content (AvgIpc) is 4.28. The van der Waals surface area contributed by atoms with Crippen molar-refractivity contribution in [3.05, 3.63) is 155 Å². The number of aromatic carboxylic acids is 1. The lowest BCUT2D eigenvalue weighted by atomic mass is 9.78. The highest BCUT2D eigenvalue weighted by molar-refractivity contribution is 6.39. The molecule has 0 radical (unpaired) electrons. The number of rotatable bonds is 13. The second-order valence-electron chi connectivity index (χ2n) is 18.3. The van der Waals surface area contributed by atoms with Crippen LogP contribution in [0.5, 0.6) is 0 Å². The summed E-state index contributed by atoms with van der Waals surface area (Å²) >= 11 is 25.7. The Morgan fingerprint density at radius 3 is 1.42 bits per heavy atom. The maximum absolute atomic E-state index is 14.6. The van der Waals surface area contributed by atoms with Gasteiger partial charge in [0.25, 0.3) is 0 Å². The van der Waals surface area contributed by atoms with Gasteiger partial charge in [0.05, 0.1) is 68.8 Å². The molecule has 360 valence electrons. The first kappa shape index (κ1) is 49.1. The number of aliphatic hydroxyl groups is 2. The largest absolute Gasteiger partial charge is 0.478 e. The van der Waals surface area contributed by atoms with E-state index in [0.29, 0.717) is 112 Å². The molecule has 0 saturated heterocycles. The minimum absolute atomic E-state index is 0.0950. The van der Waals surface area contributed by atoms with Gasteiger partial charge in [-0.2, -0.15) is 0 Å². The summed E-state index contributed by atoms with van der Waals surface area (Å²) in [5.41, 5.74) is 1.92. The van der Waals surface area contributed by atoms with Crippen LogP contribution >= 0.6 is 46.4 Å². The van der Waals surface area contributed by atoms with E-state index in [2.05, 4.69) is 15.2 Å². The van der Waals surface area contributed by atoms with E-state index in [-0.39, 0.29) is 41.2 Å². The van der Waals surface area contributed by atoms with Gasteiger partial charge in [-0.3, -0.25) is 0 Å². The van der Waals surface area contributed by atoms with Crippen LogP contribution in [0.4, 0.5) is 14.5 Å². The van der Waals surface area contributed by atoms with Gasteiger partial charge in [-0.25, -0.2) is 18.4 Å². The molecule has 10 rings (SSSR count). The molecule has 0 atom stereocenters. The fraction of sp³-hybridized carbons (Fsp3) is 0.385. The van der Waals surface area contributed by atoms with Crippen molar-refractivity contribution in [2.75, 3.05) is 0 Å². The molecule has 3 N–H and O–H groups in total. The highest BCUT2D eigenvalue weighted by Gasteiger charge is 2.40. The molecule has 69 heavy (non-hydrogen) atoms. The molecule has 2 aromatic heterocycles. The van der Waals surface area contributed by atoms with Crippen LogP contribution in [0.15, 0.2) is 81.8 Å². The first-order chi connectivity index (χ1) is 33.2. The fourth-order valence-corrected chi connectivity index (χ4v) is 10.6. The van der Waals surface area contributed by atoms with Crippen molar-refractivity contribution >= 4 is 58.1 Å². The number of carboxylic acids is 1. The molecule has 0 unspecified atom stereocenters. The number of carbonyl (C=O) groups is 1. The molecule has 4 aromatic carbocycles. The molecule has 4 saturated carbocycles. The standard InChI is InChI=1S/C26H23Cl2FN2O3.C26H24Cl2FNO5/c1-30-16-7-8-19(22(29)13-16)26(32)11-9-17(10-12-26)33-14-18-24(31-34-25(18)15-5-6-15)23-20(27)3-2-4-21(23)28;27-19-2-1-3-20(28)22(19)23-17(24(35-30-23)14-4-5-14)13-34-16-8-10-26(33,11-9-16)18-7-6-15(25(31)32)12-21(18)29/h2-4,7-8,13,15,17,32H,5-6,9-12,14H2;1-3,6-7,12,14,16,33H,4-5,8-11,13H2,(H,31,32). The molecular formula is C52H47Cl4F2N3O8. The second-order valence-corrected chi connectivity index (χ2v) is 20.0. The average molecular weight is 1020 g/mol. The van der Waals surface area contributed by atoms with Gasteiger partial charge in [-0.05, 0) is 120 Å². The topological polar surface area (TPSA) is 153 Å². The zero-order valence-electron chi connectivity index (χ0n) is 37.1. The minimum Gasteiger partial charge on any atom is -0.478 e. The number of carboxylic acid groups (broad SMARTS) is 1. The number of hydrogen-bond donors (Lipinski definition) is 3. The Bertz CT molecular complexity index is 2870. The summed E-state index contributed by atoms with van der Waals surface area (Å²) in [5.74, 6) is -0.217. The smallest absolute Gasteiger partial charge is 0.335 e. The molecule has 4 fully saturated rings. The molecule has 17 heteroatoms. The quantitative estimate of drug-likeness (QED) is 0.0953. The van der Waals surface area contributed by atoms with Gasteiger partial charge in [0.15, 0.2) is 5.69 Å². The minimum atomic E-state index is -1.37. The van der Waals surface area contributed by atoms with E-state index in [4.69, 9.17) is 76.6 Å². The first-order valence-electron chi connectivity index (χ1n) is 22.9. The third-order valence-electron chi connectivity index (χ3n) is 13.7. The van der Waals surface area contributed by atoms with Crippen molar-refractivity contribution in [1.29, 1.82) is 0 Å². The summed E-state index contributed by atoms with van der Waals surface area (Å²) in [4.78, 5) is 14.3. The van der Waals surface area contributed by atoms with Crippen molar-refractivity contribution in [3.8, 4) is 22.5 Å². The van der Waals surface area contributed by atoms with Crippen LogP contribution in [-0.2, 0) is 33.9 Å². The SMILES string of the molecule is O=C(O)c1ccc(C2(O)CCC(OCc3c(-c4c(Cl)cccc4Cl)noc3C3CC3)CC2)c(F)c1.[C-]#[N+]c1ccc(C2(O)CCC(OCc3c(-c4c(Cl)cccc4Cl)noc3C3CC3)CC2)c(F)c1. The van der Waals surface area contributed by atoms with Crippen LogP contribution < -0.4 is 0 Å². The second kappa shape index (κ2) is 20.5. The molecule has 0 amide bonds. The maximum atomic E-state index is 14.6. The van der Waals surface area contributed by atoms with E-state index in [0.717, 1.165) is 54.4 Å². The van der Waals surface area contributed by atoms with Crippen LogP contribution in [0.1, 0.15) is 133 Å². The zero-order chi connectivity index (χ0) is 48.6. The van der Waals surface area contributed by atoms with Crippen LogP contribution in [0, 0.1) is 18.2 Å². The van der Waals surface area contributed by atoms with Gasteiger partial charge in [0.1, 0.15) is 34.5 Å². The molecule has 4 aliphatic carbocycles. The number of benzene rings is 4. The van der Waals surface area contributed by atoms with Crippen LogP contribution in [-0.4, -0.2) is 43.8 Å². The summed E-state index contributed by atoms with van der Waals surface area (Å²) in [6, 6.07) is 18.5. The Balaban J connectivity index is 0.000000172. The number of halogens is 6.